The molecular weight excluding hydrogens is 255 g/mol. The zero-order chi connectivity index (χ0) is 9.78. The van der Waals surface area contributed by atoms with Gasteiger partial charge in [-0.05, 0) is 0 Å². The summed E-state index contributed by atoms with van der Waals surface area (Å²) >= 11 is 0. The minimum absolute atomic E-state index is 0. The lowest BCUT2D eigenvalue weighted by molar-refractivity contribution is -0.137. The molecule has 0 aliphatic heterocycles. The first-order valence-electron chi connectivity index (χ1n) is 3.28. The van der Waals surface area contributed by atoms with Gasteiger partial charge in [-0.2, -0.15) is 0 Å². The van der Waals surface area contributed by atoms with Crippen LogP contribution in [0.25, 0.3) is 0 Å². The second kappa shape index (κ2) is 8.25. The lowest BCUT2D eigenvalue weighted by atomic mass is 10.4. The van der Waals surface area contributed by atoms with Crippen LogP contribution in [-0.4, -0.2) is 43.6 Å². The molecule has 0 heterocycles. The summed E-state index contributed by atoms with van der Waals surface area (Å²) in [6.45, 7) is -0.0192. The van der Waals surface area contributed by atoms with Crippen LogP contribution in [0.15, 0.2) is 0 Å². The van der Waals surface area contributed by atoms with Gasteiger partial charge >= 0.3 is 5.97 Å². The zero-order valence-electron chi connectivity index (χ0n) is 7.25. The standard InChI is InChI=1S/C5H12N2O4S.2ClH/c6-1-2-12(10,11)3-4(7)5(8)9;;/h4H,1-3,6-7H2,(H,8,9);2*1H/t4-;;/m0../s1. The van der Waals surface area contributed by atoms with Crippen LogP contribution in [0.1, 0.15) is 0 Å². The van der Waals surface area contributed by atoms with Crippen LogP contribution < -0.4 is 11.5 Å². The molecule has 0 bridgehead atoms. The molecule has 0 aromatic heterocycles. The number of sulfone groups is 1. The lowest BCUT2D eigenvalue weighted by Gasteiger charge is -2.05. The van der Waals surface area contributed by atoms with Crippen molar-refractivity contribution in [2.45, 2.75) is 6.04 Å². The summed E-state index contributed by atoms with van der Waals surface area (Å²) in [5, 5.41) is 8.29. The van der Waals surface area contributed by atoms with Crippen LogP contribution in [0.4, 0.5) is 0 Å². The third kappa shape index (κ3) is 8.52. The Morgan fingerprint density at radius 2 is 1.79 bits per heavy atom. The Labute approximate surface area is 94.8 Å². The average Bonchev–Trinajstić information content (AvgIpc) is 1.85. The molecule has 0 aromatic rings. The number of carboxylic acid groups (broad SMARTS) is 1. The summed E-state index contributed by atoms with van der Waals surface area (Å²) in [5.41, 5.74) is 10.0. The smallest absolute Gasteiger partial charge is 0.321 e. The topological polar surface area (TPSA) is 123 Å². The molecule has 14 heavy (non-hydrogen) atoms. The molecule has 0 unspecified atom stereocenters. The number of halogens is 2. The molecule has 0 rings (SSSR count). The van der Waals surface area contributed by atoms with E-state index in [1.807, 2.05) is 0 Å². The van der Waals surface area contributed by atoms with Crippen molar-refractivity contribution in [2.24, 2.45) is 11.5 Å². The highest BCUT2D eigenvalue weighted by atomic mass is 35.5. The maximum atomic E-state index is 10.9. The molecule has 6 nitrogen and oxygen atoms in total. The maximum absolute atomic E-state index is 10.9. The van der Waals surface area contributed by atoms with E-state index in [9.17, 15) is 13.2 Å². The fraction of sp³-hybridized carbons (Fsp3) is 0.800. The van der Waals surface area contributed by atoms with E-state index in [0.29, 0.717) is 0 Å². The third-order valence-corrected chi connectivity index (χ3v) is 2.90. The van der Waals surface area contributed by atoms with Crippen LogP contribution in [0.2, 0.25) is 0 Å². The Morgan fingerprint density at radius 3 is 2.07 bits per heavy atom. The van der Waals surface area contributed by atoms with Crippen molar-refractivity contribution < 1.29 is 18.3 Å². The predicted molar refractivity (Wildman–Crippen MR) is 57.8 cm³/mol. The molecule has 0 fully saturated rings. The zero-order valence-corrected chi connectivity index (χ0v) is 9.70. The Bertz CT molecular complexity index is 256. The van der Waals surface area contributed by atoms with Crippen LogP contribution in [-0.2, 0) is 14.6 Å². The van der Waals surface area contributed by atoms with Gasteiger partial charge in [-0.15, -0.1) is 24.8 Å². The summed E-state index contributed by atoms with van der Waals surface area (Å²) in [4.78, 5) is 10.2. The van der Waals surface area contributed by atoms with Crippen LogP contribution in [0.3, 0.4) is 0 Å². The van der Waals surface area contributed by atoms with Gasteiger partial charge in [-0.1, -0.05) is 0 Å². The van der Waals surface area contributed by atoms with Gasteiger partial charge in [-0.3, -0.25) is 4.79 Å². The summed E-state index contributed by atoms with van der Waals surface area (Å²) < 4.78 is 21.8. The average molecular weight is 269 g/mol. The van der Waals surface area contributed by atoms with Crippen LogP contribution in [0, 0.1) is 0 Å². The van der Waals surface area contributed by atoms with Crippen molar-refractivity contribution in [1.82, 2.24) is 0 Å². The second-order valence-electron chi connectivity index (χ2n) is 2.35. The van der Waals surface area contributed by atoms with E-state index in [4.69, 9.17) is 16.6 Å². The van der Waals surface area contributed by atoms with Crippen LogP contribution >= 0.6 is 24.8 Å². The van der Waals surface area contributed by atoms with E-state index in [-0.39, 0.29) is 37.1 Å². The van der Waals surface area contributed by atoms with Gasteiger partial charge < -0.3 is 16.6 Å². The fourth-order valence-electron chi connectivity index (χ4n) is 0.608. The molecule has 0 aliphatic carbocycles. The second-order valence-corrected chi connectivity index (χ2v) is 4.58. The van der Waals surface area contributed by atoms with Gasteiger partial charge in [0, 0.05) is 6.54 Å². The van der Waals surface area contributed by atoms with E-state index in [0.717, 1.165) is 0 Å². The molecule has 0 aromatic carbocycles. The van der Waals surface area contributed by atoms with Gasteiger partial charge in [0.05, 0.1) is 11.5 Å². The van der Waals surface area contributed by atoms with E-state index in [2.05, 4.69) is 0 Å². The first kappa shape index (κ1) is 19.5. The minimum Gasteiger partial charge on any atom is -0.480 e. The van der Waals surface area contributed by atoms with Gasteiger partial charge in [-0.25, -0.2) is 8.42 Å². The highest BCUT2D eigenvalue weighted by Gasteiger charge is 2.20. The summed E-state index contributed by atoms with van der Waals surface area (Å²) in [6, 6.07) is -1.36. The van der Waals surface area contributed by atoms with Gasteiger partial charge in [0.2, 0.25) is 0 Å². The molecule has 88 valence electrons. The van der Waals surface area contributed by atoms with Gasteiger partial charge in [0.15, 0.2) is 9.84 Å². The Kier molecular flexibility index (Phi) is 11.5. The molecule has 9 heteroatoms. The quantitative estimate of drug-likeness (QED) is 0.565. The van der Waals surface area contributed by atoms with Gasteiger partial charge in [0.25, 0.3) is 0 Å². The van der Waals surface area contributed by atoms with E-state index >= 15 is 0 Å². The van der Waals surface area contributed by atoms with Crippen LogP contribution in [0.5, 0.6) is 0 Å². The number of hydrogen-bond donors (Lipinski definition) is 3. The largest absolute Gasteiger partial charge is 0.480 e. The molecule has 0 saturated heterocycles. The Morgan fingerprint density at radius 1 is 1.36 bits per heavy atom. The van der Waals surface area contributed by atoms with Crippen molar-refractivity contribution >= 4 is 40.6 Å². The van der Waals surface area contributed by atoms with Crippen molar-refractivity contribution in [3.05, 3.63) is 0 Å². The number of carbonyl (C=O) groups is 1. The number of carboxylic acids is 1. The summed E-state index contributed by atoms with van der Waals surface area (Å²) in [7, 11) is -3.41. The lowest BCUT2D eigenvalue weighted by Crippen LogP contribution is -2.38. The van der Waals surface area contributed by atoms with E-state index in [1.165, 1.54) is 0 Å². The monoisotopic (exact) mass is 268 g/mol. The van der Waals surface area contributed by atoms with Crippen molar-refractivity contribution in [3.63, 3.8) is 0 Å². The number of aliphatic carboxylic acids is 1. The molecular formula is C5H14Cl2N2O4S. The number of hydrogen-bond acceptors (Lipinski definition) is 5. The predicted octanol–water partition coefficient (Wildman–Crippen LogP) is -1.38. The Balaban J connectivity index is -0.000000605. The van der Waals surface area contributed by atoms with E-state index < -0.39 is 27.6 Å². The fourth-order valence-corrected chi connectivity index (χ4v) is 1.82. The molecule has 0 saturated carbocycles. The molecule has 0 amide bonds. The Hall–Kier alpha value is -0.0800. The normalized spacial score (nSPS) is 12.1. The number of rotatable bonds is 5. The first-order chi connectivity index (χ1) is 5.39. The molecule has 1 atom stereocenters. The highest BCUT2D eigenvalue weighted by Crippen LogP contribution is 1.92. The van der Waals surface area contributed by atoms with Crippen molar-refractivity contribution in [3.8, 4) is 0 Å². The van der Waals surface area contributed by atoms with Gasteiger partial charge in [0.1, 0.15) is 6.04 Å². The number of nitrogens with two attached hydrogens (primary N) is 2. The molecule has 0 aliphatic rings. The third-order valence-electron chi connectivity index (χ3n) is 1.18. The molecule has 0 spiro atoms. The summed E-state index contributed by atoms with van der Waals surface area (Å²) in [6.07, 6.45) is 0. The van der Waals surface area contributed by atoms with E-state index in [1.54, 1.807) is 0 Å². The highest BCUT2D eigenvalue weighted by molar-refractivity contribution is 7.91. The minimum atomic E-state index is -3.41. The first-order valence-corrected chi connectivity index (χ1v) is 5.10. The SMILES string of the molecule is Cl.Cl.NCCS(=O)(=O)C[C@H](N)C(=O)O. The van der Waals surface area contributed by atoms with Crippen molar-refractivity contribution in [2.75, 3.05) is 18.1 Å². The van der Waals surface area contributed by atoms with Crippen molar-refractivity contribution in [1.29, 1.82) is 0 Å². The molecule has 0 radical (unpaired) electrons. The maximum Gasteiger partial charge on any atom is 0.321 e. The molecule has 5 N–H and O–H groups in total. The summed E-state index contributed by atoms with van der Waals surface area (Å²) in [5.74, 6) is -2.11.